The second kappa shape index (κ2) is 8.80. The number of aryl methyl sites for hydroxylation is 1. The Balaban J connectivity index is 1.18. The Morgan fingerprint density at radius 3 is 2.88 bits per heavy atom. The zero-order valence-corrected chi connectivity index (χ0v) is 18.6. The van der Waals surface area contributed by atoms with Gasteiger partial charge in [0.25, 0.3) is 0 Å². The van der Waals surface area contributed by atoms with Gasteiger partial charge in [-0.25, -0.2) is 9.37 Å². The normalized spacial score (nSPS) is 14.9. The first kappa shape index (κ1) is 21.4. The Kier molecular flexibility index (Phi) is 5.70. The smallest absolute Gasteiger partial charge is 0.137 e. The van der Waals surface area contributed by atoms with Gasteiger partial charge >= 0.3 is 0 Å². The van der Waals surface area contributed by atoms with E-state index in [1.54, 1.807) is 10.7 Å². The molecule has 0 fully saturated rings. The molecule has 1 atom stereocenters. The topological polar surface area (TPSA) is 70.6 Å². The Hall–Kier alpha value is -3.49. The van der Waals surface area contributed by atoms with Crippen LogP contribution < -0.4 is 5.32 Å². The maximum Gasteiger partial charge on any atom is 0.137 e. The second-order valence-corrected chi connectivity index (χ2v) is 8.62. The number of aromatic nitrogens is 4. The average molecular weight is 447 g/mol. The predicted molar refractivity (Wildman–Crippen MR) is 126 cm³/mol. The van der Waals surface area contributed by atoms with Crippen molar-refractivity contribution >= 4 is 11.3 Å². The molecule has 1 aliphatic rings. The van der Waals surface area contributed by atoms with Crippen LogP contribution in [0.25, 0.3) is 22.5 Å². The summed E-state index contributed by atoms with van der Waals surface area (Å²) >= 11 is 0. The van der Waals surface area contributed by atoms with Gasteiger partial charge in [-0.1, -0.05) is 12.6 Å². The number of pyridine rings is 1. The van der Waals surface area contributed by atoms with Crippen LogP contribution in [0.2, 0.25) is 0 Å². The Labute approximate surface area is 191 Å². The van der Waals surface area contributed by atoms with Gasteiger partial charge < -0.3 is 14.8 Å². The average Bonchev–Trinajstić information content (AvgIpc) is 3.43. The maximum absolute atomic E-state index is 13.4. The summed E-state index contributed by atoms with van der Waals surface area (Å²) in [6.07, 6.45) is 7.99. The van der Waals surface area contributed by atoms with E-state index in [1.165, 1.54) is 6.07 Å². The number of hydrogen-bond donors (Lipinski definition) is 2. The highest BCUT2D eigenvalue weighted by Gasteiger charge is 2.19. The Bertz CT molecular complexity index is 1310. The van der Waals surface area contributed by atoms with Crippen molar-refractivity contribution in [2.45, 2.75) is 19.1 Å². The van der Waals surface area contributed by atoms with Gasteiger partial charge in [0.2, 0.25) is 0 Å². The third-order valence-electron chi connectivity index (χ3n) is 6.08. The summed E-state index contributed by atoms with van der Waals surface area (Å²) in [6.45, 7) is 6.54. The number of halogens is 1. The molecule has 5 rings (SSSR count). The van der Waals surface area contributed by atoms with E-state index in [0.717, 1.165) is 53.1 Å². The van der Waals surface area contributed by atoms with Crippen molar-refractivity contribution in [1.29, 1.82) is 0 Å². The van der Waals surface area contributed by atoms with Gasteiger partial charge in [0.15, 0.2) is 0 Å². The number of aliphatic hydroxyl groups excluding tert-OH is 1. The molecule has 0 unspecified atom stereocenters. The van der Waals surface area contributed by atoms with Crippen molar-refractivity contribution in [2.75, 3.05) is 19.6 Å². The zero-order valence-electron chi connectivity index (χ0n) is 18.6. The van der Waals surface area contributed by atoms with Crippen LogP contribution in [0.3, 0.4) is 0 Å². The van der Waals surface area contributed by atoms with E-state index >= 15 is 0 Å². The molecule has 2 N–H and O–H groups in total. The van der Waals surface area contributed by atoms with Crippen molar-refractivity contribution in [3.8, 4) is 11.1 Å². The van der Waals surface area contributed by atoms with Crippen LogP contribution in [0.15, 0.2) is 61.7 Å². The van der Waals surface area contributed by atoms with Crippen molar-refractivity contribution < 1.29 is 9.50 Å². The molecule has 0 radical (unpaired) electrons. The minimum atomic E-state index is -0.557. The van der Waals surface area contributed by atoms with Crippen LogP contribution in [-0.4, -0.2) is 54.9 Å². The number of aliphatic hydroxyl groups is 1. The fourth-order valence-electron chi connectivity index (χ4n) is 4.31. The zero-order chi connectivity index (χ0) is 22.9. The van der Waals surface area contributed by atoms with E-state index in [-0.39, 0.29) is 5.82 Å². The first-order chi connectivity index (χ1) is 15.9. The van der Waals surface area contributed by atoms with E-state index < -0.39 is 6.10 Å². The van der Waals surface area contributed by atoms with Crippen LogP contribution in [-0.2, 0) is 20.0 Å². The highest BCUT2D eigenvalue weighted by Crippen LogP contribution is 2.21. The molecular formula is C25H27FN6O. The van der Waals surface area contributed by atoms with E-state index in [2.05, 4.69) is 26.9 Å². The van der Waals surface area contributed by atoms with Crippen LogP contribution >= 0.6 is 0 Å². The SMILES string of the molecule is C=C(NC[C@H](O)CN1CCc2cc(F)ccc2C1)c1cn2cc(-c3cnn(C)c3)ccc2n1. The molecule has 1 aromatic carbocycles. The summed E-state index contributed by atoms with van der Waals surface area (Å²) in [6, 6.07) is 8.94. The largest absolute Gasteiger partial charge is 0.390 e. The van der Waals surface area contributed by atoms with Gasteiger partial charge in [0.05, 0.1) is 18.0 Å². The van der Waals surface area contributed by atoms with Crippen LogP contribution in [0.5, 0.6) is 0 Å². The molecule has 170 valence electrons. The van der Waals surface area contributed by atoms with Crippen molar-refractivity contribution in [3.63, 3.8) is 0 Å². The van der Waals surface area contributed by atoms with E-state index in [1.807, 2.05) is 54.4 Å². The Morgan fingerprint density at radius 2 is 2.06 bits per heavy atom. The first-order valence-electron chi connectivity index (χ1n) is 11.0. The number of nitrogens with one attached hydrogen (secondary N) is 1. The van der Waals surface area contributed by atoms with Gasteiger partial charge in [-0.05, 0) is 41.8 Å². The lowest BCUT2D eigenvalue weighted by molar-refractivity contribution is 0.107. The van der Waals surface area contributed by atoms with Crippen LogP contribution in [0.1, 0.15) is 16.8 Å². The summed E-state index contributed by atoms with van der Waals surface area (Å²) in [7, 11) is 1.90. The lowest BCUT2D eigenvalue weighted by atomic mass is 9.99. The number of imidazole rings is 1. The number of benzene rings is 1. The molecule has 0 saturated heterocycles. The van der Waals surface area contributed by atoms with E-state index in [0.29, 0.717) is 18.8 Å². The van der Waals surface area contributed by atoms with Crippen molar-refractivity contribution in [3.05, 3.63) is 84.3 Å². The molecular weight excluding hydrogens is 419 g/mol. The third kappa shape index (κ3) is 4.67. The number of rotatable bonds is 7. The van der Waals surface area contributed by atoms with Gasteiger partial charge in [-0.15, -0.1) is 0 Å². The number of hydrogen-bond acceptors (Lipinski definition) is 5. The second-order valence-electron chi connectivity index (χ2n) is 8.62. The molecule has 8 heteroatoms. The molecule has 33 heavy (non-hydrogen) atoms. The summed E-state index contributed by atoms with van der Waals surface area (Å²) in [4.78, 5) is 6.83. The highest BCUT2D eigenvalue weighted by atomic mass is 19.1. The molecule has 4 heterocycles. The molecule has 0 bridgehead atoms. The van der Waals surface area contributed by atoms with E-state index in [4.69, 9.17) is 0 Å². The molecule has 0 spiro atoms. The van der Waals surface area contributed by atoms with E-state index in [9.17, 15) is 9.50 Å². The van der Waals surface area contributed by atoms with Crippen LogP contribution in [0.4, 0.5) is 4.39 Å². The predicted octanol–water partition coefficient (Wildman–Crippen LogP) is 2.85. The van der Waals surface area contributed by atoms with Gasteiger partial charge in [0.1, 0.15) is 17.2 Å². The summed E-state index contributed by atoms with van der Waals surface area (Å²) in [5.74, 6) is -0.190. The maximum atomic E-state index is 13.4. The van der Waals surface area contributed by atoms with Crippen LogP contribution in [0, 0.1) is 5.82 Å². The number of β-amino-alcohol motifs (C(OH)–C–C–N with tert-alkyl or cyclic N) is 1. The first-order valence-corrected chi connectivity index (χ1v) is 11.0. The quantitative estimate of drug-likeness (QED) is 0.457. The lowest BCUT2D eigenvalue weighted by Crippen LogP contribution is -2.40. The highest BCUT2D eigenvalue weighted by molar-refractivity contribution is 5.66. The molecule has 0 amide bonds. The number of fused-ring (bicyclic) bond motifs is 2. The van der Waals surface area contributed by atoms with Crippen molar-refractivity contribution in [1.82, 2.24) is 29.4 Å². The van der Waals surface area contributed by atoms with Gasteiger partial charge in [0, 0.05) is 62.9 Å². The molecule has 7 nitrogen and oxygen atoms in total. The third-order valence-corrected chi connectivity index (χ3v) is 6.08. The minimum absolute atomic E-state index is 0.190. The molecule has 3 aromatic heterocycles. The fraction of sp³-hybridized carbons (Fsp3) is 0.280. The van der Waals surface area contributed by atoms with Gasteiger partial charge in [-0.2, -0.15) is 5.10 Å². The summed E-state index contributed by atoms with van der Waals surface area (Å²) in [5, 5.41) is 18.0. The monoisotopic (exact) mass is 446 g/mol. The summed E-state index contributed by atoms with van der Waals surface area (Å²) in [5.41, 5.74) is 6.51. The standard InChI is InChI=1S/C25H27FN6O/c1-17(24-16-32-14-20(4-6-25(32)29-24)21-10-28-30(2)12-21)27-11-23(33)15-31-8-7-18-9-22(26)5-3-19(18)13-31/h3-6,9-10,12,14,16,23,27,33H,1,7-8,11,13,15H2,2H3/t23-/m0/s1. The Morgan fingerprint density at radius 1 is 1.18 bits per heavy atom. The molecule has 1 aliphatic heterocycles. The lowest BCUT2D eigenvalue weighted by Gasteiger charge is -2.30. The fourth-order valence-corrected chi connectivity index (χ4v) is 4.31. The summed E-state index contributed by atoms with van der Waals surface area (Å²) < 4.78 is 17.1. The molecule has 4 aromatic rings. The van der Waals surface area contributed by atoms with Gasteiger partial charge in [-0.3, -0.25) is 9.58 Å². The molecule has 0 aliphatic carbocycles. The number of nitrogens with zero attached hydrogens (tertiary/aromatic N) is 5. The molecule has 0 saturated carbocycles. The minimum Gasteiger partial charge on any atom is -0.390 e. The van der Waals surface area contributed by atoms with Crippen molar-refractivity contribution in [2.24, 2.45) is 7.05 Å².